The Balaban J connectivity index is 1.87. The van der Waals surface area contributed by atoms with E-state index in [1.165, 1.54) is 0 Å². The van der Waals surface area contributed by atoms with E-state index < -0.39 is 0 Å². The van der Waals surface area contributed by atoms with Crippen molar-refractivity contribution >= 4 is 0 Å². The summed E-state index contributed by atoms with van der Waals surface area (Å²) in [6.07, 6.45) is -0.345. The fraction of sp³-hybridized carbons (Fsp3) is 0.333. The lowest BCUT2D eigenvalue weighted by atomic mass is 9.99. The van der Waals surface area contributed by atoms with Crippen LogP contribution < -0.4 is 10.1 Å². The lowest BCUT2D eigenvalue weighted by Crippen LogP contribution is -2.40. The molecule has 0 saturated heterocycles. The lowest BCUT2D eigenvalue weighted by Gasteiger charge is -2.33. The topological polar surface area (TPSA) is 30.5 Å². The minimum Gasteiger partial charge on any atom is -0.463 e. The number of ether oxygens (including phenoxy) is 2. The van der Waals surface area contributed by atoms with E-state index >= 15 is 0 Å². The van der Waals surface area contributed by atoms with Crippen LogP contribution in [0.4, 0.5) is 0 Å². The molecule has 1 aliphatic heterocycles. The molecule has 3 rings (SSSR count). The van der Waals surface area contributed by atoms with Crippen LogP contribution in [0.2, 0.25) is 0 Å². The second-order valence-electron chi connectivity index (χ2n) is 5.57. The molecule has 3 heteroatoms. The minimum atomic E-state index is -0.271. The molecule has 1 N–H and O–H groups in total. The molecule has 1 aliphatic rings. The molecule has 2 atom stereocenters. The molecule has 0 spiro atoms. The number of fused-ring (bicyclic) bond motifs is 1. The van der Waals surface area contributed by atoms with Crippen molar-refractivity contribution in [1.29, 1.82) is 0 Å². The van der Waals surface area contributed by atoms with E-state index in [1.807, 2.05) is 36.4 Å². The fourth-order valence-electron chi connectivity index (χ4n) is 2.51. The van der Waals surface area contributed by atoms with Crippen molar-refractivity contribution in [2.75, 3.05) is 6.54 Å². The summed E-state index contributed by atoms with van der Waals surface area (Å²) in [6.45, 7) is 4.91. The molecule has 0 fully saturated rings. The smallest absolute Gasteiger partial charge is 0.213 e. The fourth-order valence-corrected chi connectivity index (χ4v) is 2.51. The van der Waals surface area contributed by atoms with Crippen molar-refractivity contribution in [2.24, 2.45) is 0 Å². The summed E-state index contributed by atoms with van der Waals surface area (Å²) in [5.41, 5.74) is 2.24. The van der Waals surface area contributed by atoms with E-state index in [1.54, 1.807) is 0 Å². The van der Waals surface area contributed by atoms with E-state index in [9.17, 15) is 0 Å². The van der Waals surface area contributed by atoms with Crippen LogP contribution in [-0.2, 0) is 4.74 Å². The Morgan fingerprint density at radius 3 is 2.48 bits per heavy atom. The van der Waals surface area contributed by atoms with Gasteiger partial charge in [0.15, 0.2) is 0 Å². The molecule has 0 radical (unpaired) electrons. The van der Waals surface area contributed by atoms with Gasteiger partial charge in [0, 0.05) is 11.6 Å². The maximum absolute atomic E-state index is 6.16. The second kappa shape index (κ2) is 6.29. The van der Waals surface area contributed by atoms with Crippen molar-refractivity contribution < 1.29 is 9.47 Å². The molecule has 0 saturated carbocycles. The summed E-state index contributed by atoms with van der Waals surface area (Å²) < 4.78 is 12.1. The summed E-state index contributed by atoms with van der Waals surface area (Å²) in [5.74, 6) is 0.910. The average molecular weight is 283 g/mol. The molecule has 0 unspecified atom stereocenters. The molecule has 2 aromatic rings. The number of rotatable bonds is 4. The van der Waals surface area contributed by atoms with Crippen LogP contribution in [0.25, 0.3) is 0 Å². The third kappa shape index (κ3) is 3.26. The van der Waals surface area contributed by atoms with Crippen LogP contribution in [0.15, 0.2) is 54.6 Å². The zero-order valence-electron chi connectivity index (χ0n) is 12.5. The maximum atomic E-state index is 6.16. The third-order valence-electron chi connectivity index (χ3n) is 3.54. The number of para-hydroxylation sites is 1. The molecule has 2 aromatic carbocycles. The summed E-state index contributed by atoms with van der Waals surface area (Å²) >= 11 is 0. The van der Waals surface area contributed by atoms with E-state index in [2.05, 4.69) is 37.4 Å². The first-order chi connectivity index (χ1) is 10.2. The molecule has 3 nitrogen and oxygen atoms in total. The van der Waals surface area contributed by atoms with Crippen molar-refractivity contribution in [2.45, 2.75) is 32.3 Å². The molecule has 0 aromatic heterocycles. The Kier molecular flexibility index (Phi) is 4.23. The van der Waals surface area contributed by atoms with Crippen LogP contribution >= 0.6 is 0 Å². The van der Waals surface area contributed by atoms with Gasteiger partial charge in [-0.05, 0) is 11.6 Å². The zero-order valence-corrected chi connectivity index (χ0v) is 12.5. The minimum absolute atomic E-state index is 0.0740. The Bertz CT molecular complexity index is 583. The van der Waals surface area contributed by atoms with Crippen molar-refractivity contribution in [3.8, 4) is 5.75 Å². The maximum Gasteiger partial charge on any atom is 0.213 e. The third-order valence-corrected chi connectivity index (χ3v) is 3.54. The van der Waals surface area contributed by atoms with Crippen LogP contribution in [0.3, 0.4) is 0 Å². The normalized spacial score (nSPS) is 20.9. The quantitative estimate of drug-likeness (QED) is 0.931. The number of benzene rings is 2. The van der Waals surface area contributed by atoms with Crippen molar-refractivity contribution in [3.05, 3.63) is 65.7 Å². The Morgan fingerprint density at radius 1 is 1.00 bits per heavy atom. The second-order valence-corrected chi connectivity index (χ2v) is 5.57. The highest BCUT2D eigenvalue weighted by Gasteiger charge is 2.29. The van der Waals surface area contributed by atoms with E-state index in [0.717, 1.165) is 16.9 Å². The first-order valence-corrected chi connectivity index (χ1v) is 7.43. The molecule has 110 valence electrons. The first kappa shape index (κ1) is 14.1. The highest BCUT2D eigenvalue weighted by Crippen LogP contribution is 2.38. The molecular formula is C18H21NO2. The van der Waals surface area contributed by atoms with Gasteiger partial charge in [0.2, 0.25) is 6.29 Å². The number of hydrogen-bond donors (Lipinski definition) is 1. The number of nitrogens with one attached hydrogen (secondary N) is 1. The van der Waals surface area contributed by atoms with Gasteiger partial charge in [-0.3, -0.25) is 0 Å². The predicted molar refractivity (Wildman–Crippen MR) is 83.4 cm³/mol. The van der Waals surface area contributed by atoms with Gasteiger partial charge < -0.3 is 14.8 Å². The molecule has 0 amide bonds. The first-order valence-electron chi connectivity index (χ1n) is 7.43. The summed E-state index contributed by atoms with van der Waals surface area (Å²) in [7, 11) is 0. The van der Waals surface area contributed by atoms with Crippen LogP contribution in [-0.4, -0.2) is 18.9 Å². The van der Waals surface area contributed by atoms with Gasteiger partial charge in [-0.15, -0.1) is 0 Å². The molecule has 0 bridgehead atoms. The van der Waals surface area contributed by atoms with Crippen LogP contribution in [0.1, 0.15) is 31.1 Å². The van der Waals surface area contributed by atoms with E-state index in [0.29, 0.717) is 12.6 Å². The van der Waals surface area contributed by atoms with E-state index in [4.69, 9.17) is 9.47 Å². The zero-order chi connectivity index (χ0) is 14.7. The van der Waals surface area contributed by atoms with Gasteiger partial charge in [0.1, 0.15) is 11.9 Å². The van der Waals surface area contributed by atoms with Gasteiger partial charge in [0.25, 0.3) is 0 Å². The van der Waals surface area contributed by atoms with Gasteiger partial charge >= 0.3 is 0 Å². The van der Waals surface area contributed by atoms with Gasteiger partial charge in [-0.1, -0.05) is 62.4 Å². The monoisotopic (exact) mass is 283 g/mol. The summed E-state index contributed by atoms with van der Waals surface area (Å²) in [4.78, 5) is 0. The van der Waals surface area contributed by atoms with Crippen molar-refractivity contribution in [1.82, 2.24) is 5.32 Å². The summed E-state index contributed by atoms with van der Waals surface area (Å²) in [6, 6.07) is 18.8. The van der Waals surface area contributed by atoms with Gasteiger partial charge in [-0.2, -0.15) is 0 Å². The highest BCUT2D eigenvalue weighted by molar-refractivity contribution is 5.41. The average Bonchev–Trinajstić information content (AvgIpc) is 2.53. The van der Waals surface area contributed by atoms with Crippen molar-refractivity contribution in [3.63, 3.8) is 0 Å². The molecule has 1 heterocycles. The Hall–Kier alpha value is -1.84. The molecule has 21 heavy (non-hydrogen) atoms. The van der Waals surface area contributed by atoms with Crippen LogP contribution in [0.5, 0.6) is 5.75 Å². The Labute approximate surface area is 125 Å². The largest absolute Gasteiger partial charge is 0.463 e. The summed E-state index contributed by atoms with van der Waals surface area (Å²) in [5, 5.41) is 3.37. The molecular weight excluding hydrogens is 262 g/mol. The standard InChI is InChI=1S/C18H21NO2/c1-13(2)19-12-17-20-16-11-7-6-10-15(16)18(21-17)14-8-4-3-5-9-14/h3-11,13,17-19H,12H2,1-2H3/t17-,18+/m0/s1. The highest BCUT2D eigenvalue weighted by atomic mass is 16.7. The van der Waals surface area contributed by atoms with Gasteiger partial charge in [-0.25, -0.2) is 0 Å². The Morgan fingerprint density at radius 2 is 1.71 bits per heavy atom. The number of hydrogen-bond acceptors (Lipinski definition) is 3. The van der Waals surface area contributed by atoms with E-state index in [-0.39, 0.29) is 12.4 Å². The van der Waals surface area contributed by atoms with Gasteiger partial charge in [0.05, 0.1) is 6.54 Å². The lowest BCUT2D eigenvalue weighted by molar-refractivity contribution is -0.125. The SMILES string of the molecule is CC(C)NC[C@H]1Oc2ccccc2[C@@H](c2ccccc2)O1. The predicted octanol–water partition coefficient (Wildman–Crippen LogP) is 3.51. The molecule has 0 aliphatic carbocycles. The van der Waals surface area contributed by atoms with Crippen LogP contribution in [0, 0.1) is 0 Å².